The highest BCUT2D eigenvalue weighted by Crippen LogP contribution is 2.49. The van der Waals surface area contributed by atoms with Crippen LogP contribution in [0.15, 0.2) is 17.9 Å². The number of likely N-dealkylation sites (tertiary alicyclic amines) is 1. The van der Waals surface area contributed by atoms with Crippen LogP contribution in [-0.4, -0.2) is 92.9 Å². The Hall–Kier alpha value is -4.14. The van der Waals surface area contributed by atoms with Crippen LogP contribution < -0.4 is 15.4 Å². The lowest BCUT2D eigenvalue weighted by atomic mass is 9.93. The fraction of sp³-hybridized carbons (Fsp3) is 0.500. The lowest BCUT2D eigenvalue weighted by Gasteiger charge is -2.42. The first-order chi connectivity index (χ1) is 25.1. The molecule has 3 N–H and O–H groups in total. The minimum Gasteiger partial charge on any atom is -0.461 e. The van der Waals surface area contributed by atoms with E-state index in [0.29, 0.717) is 54.9 Å². The third-order valence-corrected chi connectivity index (χ3v) is 12.6. The molecule has 272 valence electrons. The molecule has 8 heterocycles. The van der Waals surface area contributed by atoms with Crippen molar-refractivity contribution in [3.05, 3.63) is 46.2 Å². The Labute approximate surface area is 300 Å². The highest BCUT2D eigenvalue weighted by Gasteiger charge is 2.49. The van der Waals surface area contributed by atoms with Crippen LogP contribution in [0.3, 0.4) is 0 Å². The van der Waals surface area contributed by atoms with Crippen molar-refractivity contribution in [3.8, 4) is 23.3 Å². The number of piperazine rings is 1. The molecule has 52 heavy (non-hydrogen) atoms. The van der Waals surface area contributed by atoms with Crippen molar-refractivity contribution in [2.75, 3.05) is 50.0 Å². The van der Waals surface area contributed by atoms with E-state index >= 15 is 8.78 Å². The average Bonchev–Trinajstić information content (AvgIpc) is 3.92. The number of nitrogens with two attached hydrogens (primary N) is 1. The summed E-state index contributed by atoms with van der Waals surface area (Å²) in [5.41, 5.74) is 6.87. The van der Waals surface area contributed by atoms with Crippen LogP contribution in [0.25, 0.3) is 32.2 Å². The molecule has 9 rings (SSSR count). The predicted molar refractivity (Wildman–Crippen MR) is 186 cm³/mol. The van der Waals surface area contributed by atoms with Crippen LogP contribution in [0.5, 0.6) is 6.01 Å². The van der Waals surface area contributed by atoms with Gasteiger partial charge in [-0.1, -0.05) is 0 Å². The van der Waals surface area contributed by atoms with Gasteiger partial charge in [-0.05, 0) is 56.7 Å². The summed E-state index contributed by atoms with van der Waals surface area (Å²) in [6.07, 6.45) is 2.28. The summed E-state index contributed by atoms with van der Waals surface area (Å²) >= 11 is 0.904. The number of pyridine rings is 1. The zero-order chi connectivity index (χ0) is 36.1. The molecule has 0 spiro atoms. The van der Waals surface area contributed by atoms with Gasteiger partial charge < -0.3 is 25.2 Å². The Bertz CT molecular complexity index is 2210. The van der Waals surface area contributed by atoms with Gasteiger partial charge in [-0.25, -0.2) is 8.78 Å². The molecule has 5 aliphatic rings. The van der Waals surface area contributed by atoms with Gasteiger partial charge in [0.2, 0.25) is 0 Å². The first-order valence-electron chi connectivity index (χ1n) is 17.6. The fourth-order valence-electron chi connectivity index (χ4n) is 9.40. The van der Waals surface area contributed by atoms with Gasteiger partial charge in [-0.3, -0.25) is 14.8 Å². The van der Waals surface area contributed by atoms with E-state index in [1.807, 2.05) is 11.0 Å². The molecule has 0 amide bonds. The molecule has 11 nitrogen and oxygen atoms in total. The van der Waals surface area contributed by atoms with Crippen molar-refractivity contribution in [2.24, 2.45) is 0 Å². The van der Waals surface area contributed by atoms with Gasteiger partial charge in [0.15, 0.2) is 11.6 Å². The molecule has 4 fully saturated rings. The third kappa shape index (κ3) is 5.15. The normalized spacial score (nSPS) is 24.9. The molecular weight excluding hydrogens is 701 g/mol. The molecule has 4 atom stereocenters. The van der Waals surface area contributed by atoms with Crippen LogP contribution >= 0.6 is 11.3 Å². The molecule has 2 unspecified atom stereocenters. The van der Waals surface area contributed by atoms with E-state index in [9.17, 15) is 19.1 Å². The lowest BCUT2D eigenvalue weighted by Crippen LogP contribution is -2.55. The number of benzene rings is 1. The topological polar surface area (TPSA) is 137 Å². The van der Waals surface area contributed by atoms with E-state index in [2.05, 4.69) is 19.8 Å². The summed E-state index contributed by atoms with van der Waals surface area (Å²) in [6, 6.07) is 2.01. The third-order valence-electron chi connectivity index (χ3n) is 11.5. The Balaban J connectivity index is 1.23. The van der Waals surface area contributed by atoms with Gasteiger partial charge in [0, 0.05) is 54.8 Å². The smallest absolute Gasteiger partial charge is 0.319 e. The molecule has 3 aromatic heterocycles. The number of hydrogen-bond donors (Lipinski definition) is 2. The monoisotopic (exact) mass is 736 g/mol. The number of aliphatic hydroxyl groups excluding tert-OH is 1. The van der Waals surface area contributed by atoms with Crippen molar-refractivity contribution >= 4 is 43.1 Å². The van der Waals surface area contributed by atoms with Crippen molar-refractivity contribution in [1.82, 2.24) is 24.8 Å². The van der Waals surface area contributed by atoms with Gasteiger partial charge in [0.1, 0.15) is 29.0 Å². The second-order valence-electron chi connectivity index (χ2n) is 14.7. The van der Waals surface area contributed by atoms with E-state index in [0.717, 1.165) is 36.8 Å². The van der Waals surface area contributed by atoms with E-state index in [1.165, 1.54) is 0 Å². The average molecular weight is 737 g/mol. The number of nitrogen functional groups attached to an aromatic ring is 1. The van der Waals surface area contributed by atoms with Crippen LogP contribution in [-0.2, 0) is 18.0 Å². The molecular formula is C36H36F4N8O3S. The number of hydrogen-bond acceptors (Lipinski definition) is 12. The highest BCUT2D eigenvalue weighted by molar-refractivity contribution is 7.23. The summed E-state index contributed by atoms with van der Waals surface area (Å²) in [7, 11) is 0. The number of aliphatic hydroxyl groups is 1. The SMILES string of the molecule is C[C@@H](O)CN1CC2CCC(C1)N2c1nc(OC[C@@]23CCCN2CC(=C(F)F)C3)nc2c(F)c(-c3ncc(F)c4sc(N)c(C#N)c34)c3c(c12)COC3. The van der Waals surface area contributed by atoms with Crippen molar-refractivity contribution in [1.29, 1.82) is 5.26 Å². The van der Waals surface area contributed by atoms with Crippen molar-refractivity contribution in [2.45, 2.75) is 76.0 Å². The van der Waals surface area contributed by atoms with E-state index in [1.54, 1.807) is 6.92 Å². The zero-order valence-electron chi connectivity index (χ0n) is 28.4. The Morgan fingerprint density at radius 2 is 1.96 bits per heavy atom. The van der Waals surface area contributed by atoms with Crippen LogP contribution in [0, 0.1) is 23.0 Å². The van der Waals surface area contributed by atoms with Crippen LogP contribution in [0.2, 0.25) is 0 Å². The summed E-state index contributed by atoms with van der Waals surface area (Å²) in [4.78, 5) is 20.5. The molecule has 4 saturated heterocycles. The number of halogens is 4. The van der Waals surface area contributed by atoms with Gasteiger partial charge in [-0.15, -0.1) is 11.3 Å². The number of β-amino-alcohol motifs (C(OH)–C–C–N with tert-alkyl or cyclic N) is 1. The number of anilines is 2. The molecule has 5 aliphatic heterocycles. The second kappa shape index (κ2) is 12.5. The van der Waals surface area contributed by atoms with Gasteiger partial charge >= 0.3 is 6.01 Å². The number of rotatable bonds is 7. The number of thiophene rings is 1. The molecule has 16 heteroatoms. The van der Waals surface area contributed by atoms with Crippen molar-refractivity contribution in [3.63, 3.8) is 0 Å². The number of ether oxygens (including phenoxy) is 2. The van der Waals surface area contributed by atoms with Gasteiger partial charge in [-0.2, -0.15) is 24.0 Å². The summed E-state index contributed by atoms with van der Waals surface area (Å²) in [5, 5.41) is 20.9. The maximum atomic E-state index is 17.5. The van der Waals surface area contributed by atoms with E-state index in [-0.39, 0.29) is 93.9 Å². The largest absolute Gasteiger partial charge is 0.461 e. The maximum absolute atomic E-state index is 17.5. The Morgan fingerprint density at radius 1 is 1.19 bits per heavy atom. The standard InChI is InChI=1S/C36H36F4N8O3S/c1-17(49)10-46-12-19-3-4-20(13-46)48(19)34-27-23-15-50-14-22(23)25(29-26-21(8-41)33(42)52-31(26)24(37)9-43-29)28(38)30(27)44-35(45-34)51-16-36-5-2-6-47(36)11-18(7-36)32(39)40/h9,17,19-20,49H,2-7,10-16,42H2,1H3/t17-,19?,20?,36+/m1/s1. The quantitative estimate of drug-likeness (QED) is 0.234. The highest BCUT2D eigenvalue weighted by atomic mass is 32.1. The van der Waals surface area contributed by atoms with Crippen molar-refractivity contribution < 1.29 is 32.1 Å². The number of nitrogens with zero attached hydrogens (tertiary/aromatic N) is 7. The van der Waals surface area contributed by atoms with E-state index < -0.39 is 29.4 Å². The predicted octanol–water partition coefficient (Wildman–Crippen LogP) is 5.47. The van der Waals surface area contributed by atoms with Gasteiger partial charge in [0.25, 0.3) is 6.08 Å². The van der Waals surface area contributed by atoms with Crippen LogP contribution in [0.4, 0.5) is 28.4 Å². The van der Waals surface area contributed by atoms with Crippen LogP contribution in [0.1, 0.15) is 55.7 Å². The Kier molecular flexibility index (Phi) is 8.08. The lowest BCUT2D eigenvalue weighted by molar-refractivity contribution is 0.107. The molecule has 0 radical (unpaired) electrons. The molecule has 0 aliphatic carbocycles. The summed E-state index contributed by atoms with van der Waals surface area (Å²) in [5.74, 6) is -0.906. The first kappa shape index (κ1) is 33.7. The fourth-order valence-corrected chi connectivity index (χ4v) is 10.3. The molecule has 0 saturated carbocycles. The first-order valence-corrected chi connectivity index (χ1v) is 18.4. The minimum absolute atomic E-state index is 0.0169. The molecule has 4 aromatic rings. The second-order valence-corrected chi connectivity index (χ2v) is 15.8. The summed E-state index contributed by atoms with van der Waals surface area (Å²) < 4.78 is 72.5. The molecule has 1 aromatic carbocycles. The van der Waals surface area contributed by atoms with E-state index in [4.69, 9.17) is 20.2 Å². The Morgan fingerprint density at radius 3 is 2.69 bits per heavy atom. The number of aromatic nitrogens is 3. The minimum atomic E-state index is -1.66. The van der Waals surface area contributed by atoms with Gasteiger partial charge in [0.05, 0.1) is 52.4 Å². The number of fused-ring (bicyclic) bond motifs is 7. The summed E-state index contributed by atoms with van der Waals surface area (Å²) in [6.45, 7) is 4.74. The molecule has 2 bridgehead atoms. The number of nitriles is 1. The maximum Gasteiger partial charge on any atom is 0.319 e. The zero-order valence-corrected chi connectivity index (χ0v) is 29.2.